The molecule has 0 heterocycles. The Labute approximate surface area is 103 Å². The van der Waals surface area contributed by atoms with Crippen molar-refractivity contribution in [2.45, 2.75) is 32.7 Å². The third-order valence-electron chi connectivity index (χ3n) is 3.02. The van der Waals surface area contributed by atoms with Crippen molar-refractivity contribution in [1.29, 1.82) is 0 Å². The Bertz CT molecular complexity index is 399. The second-order valence-corrected chi connectivity index (χ2v) is 4.51. The Balaban J connectivity index is 3.33. The molecule has 1 aromatic carbocycles. The molecular formula is C14H21NO2. The first-order chi connectivity index (χ1) is 8.04. The summed E-state index contributed by atoms with van der Waals surface area (Å²) in [6.45, 7) is 6.23. The molecule has 0 amide bonds. The van der Waals surface area contributed by atoms with Crippen molar-refractivity contribution in [3.63, 3.8) is 0 Å². The number of methoxy groups -OCH3 is 1. The highest BCUT2D eigenvalue weighted by molar-refractivity contribution is 5.63. The van der Waals surface area contributed by atoms with Crippen LogP contribution < -0.4 is 10.1 Å². The molecule has 1 unspecified atom stereocenters. The summed E-state index contributed by atoms with van der Waals surface area (Å²) >= 11 is 0. The van der Waals surface area contributed by atoms with E-state index in [0.29, 0.717) is 5.92 Å². The fourth-order valence-corrected chi connectivity index (χ4v) is 1.98. The molecule has 17 heavy (non-hydrogen) atoms. The summed E-state index contributed by atoms with van der Waals surface area (Å²) in [5.41, 5.74) is 3.22. The highest BCUT2D eigenvalue weighted by Gasteiger charge is 2.16. The van der Waals surface area contributed by atoms with Crippen LogP contribution in [-0.2, 0) is 4.79 Å². The lowest BCUT2D eigenvalue weighted by molar-refractivity contribution is -0.109. The van der Waals surface area contributed by atoms with Gasteiger partial charge in [-0.05, 0) is 48.7 Å². The maximum Gasteiger partial charge on any atom is 0.141 e. The van der Waals surface area contributed by atoms with Crippen molar-refractivity contribution >= 4 is 6.29 Å². The highest BCUT2D eigenvalue weighted by Crippen LogP contribution is 2.31. The average Bonchev–Trinajstić information content (AvgIpc) is 2.31. The Morgan fingerprint density at radius 1 is 1.29 bits per heavy atom. The van der Waals surface area contributed by atoms with Gasteiger partial charge in [0.15, 0.2) is 0 Å². The Kier molecular flexibility index (Phi) is 4.70. The predicted molar refractivity (Wildman–Crippen MR) is 69.7 cm³/mol. The quantitative estimate of drug-likeness (QED) is 0.797. The van der Waals surface area contributed by atoms with E-state index in [1.54, 1.807) is 14.2 Å². The lowest BCUT2D eigenvalue weighted by Gasteiger charge is -2.19. The van der Waals surface area contributed by atoms with Gasteiger partial charge in [0, 0.05) is 0 Å². The Morgan fingerprint density at radius 3 is 2.35 bits per heavy atom. The van der Waals surface area contributed by atoms with Crippen molar-refractivity contribution in [3.8, 4) is 5.75 Å². The molecule has 0 aliphatic rings. The van der Waals surface area contributed by atoms with Crippen molar-refractivity contribution < 1.29 is 9.53 Å². The number of nitrogens with one attached hydrogen (secondary N) is 1. The van der Waals surface area contributed by atoms with Gasteiger partial charge in [-0.15, -0.1) is 0 Å². The summed E-state index contributed by atoms with van der Waals surface area (Å²) < 4.78 is 5.38. The van der Waals surface area contributed by atoms with Gasteiger partial charge in [-0.2, -0.15) is 0 Å². The van der Waals surface area contributed by atoms with Gasteiger partial charge in [0.25, 0.3) is 0 Å². The minimum Gasteiger partial charge on any atom is -0.496 e. The van der Waals surface area contributed by atoms with E-state index < -0.39 is 0 Å². The first-order valence-corrected chi connectivity index (χ1v) is 5.86. The molecule has 0 aromatic heterocycles. The molecule has 1 N–H and O–H groups in total. The van der Waals surface area contributed by atoms with Crippen LogP contribution in [0.25, 0.3) is 0 Å². The van der Waals surface area contributed by atoms with E-state index in [4.69, 9.17) is 4.74 Å². The van der Waals surface area contributed by atoms with E-state index in [-0.39, 0.29) is 6.04 Å². The van der Waals surface area contributed by atoms with E-state index in [1.807, 2.05) is 13.0 Å². The van der Waals surface area contributed by atoms with Gasteiger partial charge in [-0.3, -0.25) is 0 Å². The van der Waals surface area contributed by atoms with E-state index in [1.165, 1.54) is 0 Å². The van der Waals surface area contributed by atoms with Gasteiger partial charge >= 0.3 is 0 Å². The van der Waals surface area contributed by atoms with E-state index in [0.717, 1.165) is 28.7 Å². The number of carbonyl (C=O) groups excluding carboxylic acids is 1. The second kappa shape index (κ2) is 5.82. The molecular weight excluding hydrogens is 214 g/mol. The van der Waals surface area contributed by atoms with Gasteiger partial charge < -0.3 is 14.8 Å². The summed E-state index contributed by atoms with van der Waals surface area (Å²) in [5.74, 6) is 1.26. The minimum absolute atomic E-state index is 0.251. The van der Waals surface area contributed by atoms with Crippen LogP contribution in [0.15, 0.2) is 12.1 Å². The lowest BCUT2D eigenvalue weighted by atomic mass is 9.93. The summed E-state index contributed by atoms with van der Waals surface area (Å²) in [6.07, 6.45) is 0.929. The average molecular weight is 235 g/mol. The van der Waals surface area contributed by atoms with Crippen molar-refractivity contribution in [2.24, 2.45) is 0 Å². The largest absolute Gasteiger partial charge is 0.496 e. The first kappa shape index (κ1) is 13.7. The lowest BCUT2D eigenvalue weighted by Crippen LogP contribution is -2.19. The number of ether oxygens (including phenoxy) is 1. The van der Waals surface area contributed by atoms with E-state index >= 15 is 0 Å². The molecule has 0 radical (unpaired) electrons. The normalized spacial score (nSPS) is 12.6. The number of aryl methyl sites for hydroxylation is 1. The molecule has 0 aliphatic carbocycles. The number of carbonyl (C=O) groups is 1. The maximum atomic E-state index is 11.0. The van der Waals surface area contributed by atoms with Gasteiger partial charge in [-0.25, -0.2) is 0 Å². The second-order valence-electron chi connectivity index (χ2n) is 4.51. The molecule has 0 spiro atoms. The summed E-state index contributed by atoms with van der Waals surface area (Å²) in [6, 6.07) is 3.81. The molecule has 0 bridgehead atoms. The van der Waals surface area contributed by atoms with Crippen molar-refractivity contribution in [3.05, 3.63) is 28.8 Å². The topological polar surface area (TPSA) is 38.3 Å². The molecule has 0 fully saturated rings. The smallest absolute Gasteiger partial charge is 0.141 e. The number of benzene rings is 1. The zero-order valence-corrected chi connectivity index (χ0v) is 11.2. The highest BCUT2D eigenvalue weighted by atomic mass is 16.5. The fourth-order valence-electron chi connectivity index (χ4n) is 1.98. The third kappa shape index (κ3) is 2.86. The van der Waals surface area contributed by atoms with Crippen LogP contribution in [0, 0.1) is 6.92 Å². The molecule has 1 atom stereocenters. The van der Waals surface area contributed by atoms with Crippen LogP contribution in [0.3, 0.4) is 0 Å². The summed E-state index contributed by atoms with van der Waals surface area (Å²) in [7, 11) is 3.47. The zero-order chi connectivity index (χ0) is 13.0. The minimum atomic E-state index is -0.251. The van der Waals surface area contributed by atoms with Gasteiger partial charge in [0.1, 0.15) is 12.0 Å². The molecule has 94 valence electrons. The van der Waals surface area contributed by atoms with Gasteiger partial charge in [0.05, 0.1) is 13.2 Å². The van der Waals surface area contributed by atoms with Crippen LogP contribution >= 0.6 is 0 Å². The fraction of sp³-hybridized carbons (Fsp3) is 0.500. The molecule has 0 aliphatic heterocycles. The Hall–Kier alpha value is -1.35. The molecule has 3 nitrogen and oxygen atoms in total. The number of hydrogen-bond acceptors (Lipinski definition) is 3. The summed E-state index contributed by atoms with van der Waals surface area (Å²) in [4.78, 5) is 11.0. The van der Waals surface area contributed by atoms with Crippen LogP contribution in [0.4, 0.5) is 0 Å². The Morgan fingerprint density at radius 2 is 1.94 bits per heavy atom. The van der Waals surface area contributed by atoms with Crippen LogP contribution in [-0.4, -0.2) is 20.4 Å². The van der Waals surface area contributed by atoms with Crippen LogP contribution in [0.1, 0.15) is 42.5 Å². The number of rotatable bonds is 5. The number of hydrogen-bond donors (Lipinski definition) is 1. The van der Waals surface area contributed by atoms with Gasteiger partial charge in [-0.1, -0.05) is 13.8 Å². The number of likely N-dealkylation sites (N-methyl/N-ethyl adjacent to an activating group) is 1. The standard InChI is InChI=1S/C14H21NO2/c1-9(2)11-7-12(13(8-16)15-4)10(3)6-14(11)17-5/h6-9,13,15H,1-5H3. The van der Waals surface area contributed by atoms with Crippen LogP contribution in [0.2, 0.25) is 0 Å². The molecule has 0 saturated carbocycles. The predicted octanol–water partition coefficient (Wildman–Crippen LogP) is 2.59. The molecule has 3 heteroatoms. The van der Waals surface area contributed by atoms with E-state index in [2.05, 4.69) is 25.2 Å². The van der Waals surface area contributed by atoms with Crippen molar-refractivity contribution in [1.82, 2.24) is 5.32 Å². The van der Waals surface area contributed by atoms with Crippen molar-refractivity contribution in [2.75, 3.05) is 14.2 Å². The molecule has 1 rings (SSSR count). The third-order valence-corrected chi connectivity index (χ3v) is 3.02. The van der Waals surface area contributed by atoms with Gasteiger partial charge in [0.2, 0.25) is 0 Å². The SMILES string of the molecule is CNC(C=O)c1cc(C(C)C)c(OC)cc1C. The monoisotopic (exact) mass is 235 g/mol. The van der Waals surface area contributed by atoms with E-state index in [9.17, 15) is 4.79 Å². The number of aldehydes is 1. The molecule has 0 saturated heterocycles. The first-order valence-electron chi connectivity index (χ1n) is 5.86. The summed E-state index contributed by atoms with van der Waals surface area (Å²) in [5, 5.41) is 3.00. The van der Waals surface area contributed by atoms with Crippen LogP contribution in [0.5, 0.6) is 5.75 Å². The maximum absolute atomic E-state index is 11.0. The zero-order valence-electron chi connectivity index (χ0n) is 11.2. The molecule has 1 aromatic rings.